The Labute approximate surface area is 201 Å². The lowest BCUT2D eigenvalue weighted by Crippen LogP contribution is -2.04. The fourth-order valence-corrected chi connectivity index (χ4v) is 5.43. The van der Waals surface area contributed by atoms with Crippen LogP contribution < -0.4 is 0 Å². The summed E-state index contributed by atoms with van der Waals surface area (Å²) < 4.78 is 3.33. The molecule has 3 heteroatoms. The van der Waals surface area contributed by atoms with Gasteiger partial charge in [-0.05, 0) is 46.5 Å². The normalized spacial score (nSPS) is 12.4. The number of aromatic amines is 1. The number of aryl methyl sites for hydroxylation is 1. The summed E-state index contributed by atoms with van der Waals surface area (Å²) in [5, 5.41) is 2.53. The average molecular weight is 491 g/mol. The van der Waals surface area contributed by atoms with Gasteiger partial charge in [0.1, 0.15) is 0 Å². The summed E-state index contributed by atoms with van der Waals surface area (Å²) in [6.45, 7) is 0. The molecule has 6 rings (SSSR count). The van der Waals surface area contributed by atoms with Crippen LogP contribution in [0.5, 0.6) is 0 Å². The van der Waals surface area contributed by atoms with Gasteiger partial charge in [-0.1, -0.05) is 94.8 Å². The lowest BCUT2D eigenvalue weighted by molar-refractivity contribution is 0.932. The number of hydrogen-bond acceptors (Lipinski definition) is 0. The molecule has 1 atom stereocenters. The van der Waals surface area contributed by atoms with Gasteiger partial charge in [-0.15, -0.1) is 0 Å². The van der Waals surface area contributed by atoms with Crippen LogP contribution in [-0.4, -0.2) is 9.55 Å². The van der Waals surface area contributed by atoms with E-state index in [1.54, 1.807) is 0 Å². The van der Waals surface area contributed by atoms with Gasteiger partial charge >= 0.3 is 0 Å². The Balaban J connectivity index is 1.73. The van der Waals surface area contributed by atoms with Gasteiger partial charge in [-0.25, -0.2) is 0 Å². The van der Waals surface area contributed by atoms with E-state index in [9.17, 15) is 0 Å². The second-order valence-electron chi connectivity index (χ2n) is 8.53. The Bertz CT molecular complexity index is 1580. The van der Waals surface area contributed by atoms with Crippen LogP contribution in [0.2, 0.25) is 0 Å². The molecule has 160 valence electrons. The Morgan fingerprint density at radius 1 is 0.758 bits per heavy atom. The topological polar surface area (TPSA) is 20.7 Å². The summed E-state index contributed by atoms with van der Waals surface area (Å²) in [4.78, 5) is 3.75. The number of nitrogens with zero attached hydrogens (tertiary/aromatic N) is 1. The SMILES string of the molecule is Cn1cc(C(c2ccccc2)c2c(-c3ccccc3)[nH]c3ccccc23)c2cc(Br)ccc21. The first-order valence-electron chi connectivity index (χ1n) is 11.2. The number of nitrogens with one attached hydrogen (secondary N) is 1. The maximum Gasteiger partial charge on any atom is 0.0507 e. The van der Waals surface area contributed by atoms with Crippen LogP contribution in [0.25, 0.3) is 33.1 Å². The van der Waals surface area contributed by atoms with Gasteiger partial charge < -0.3 is 9.55 Å². The quantitative estimate of drug-likeness (QED) is 0.256. The molecule has 6 aromatic rings. The van der Waals surface area contributed by atoms with Gasteiger partial charge in [0.2, 0.25) is 0 Å². The average Bonchev–Trinajstić information content (AvgIpc) is 3.39. The molecule has 0 amide bonds. The monoisotopic (exact) mass is 490 g/mol. The molecular formula is C30H23BrN2. The molecule has 0 aliphatic rings. The smallest absolute Gasteiger partial charge is 0.0507 e. The number of para-hydroxylation sites is 1. The van der Waals surface area contributed by atoms with Crippen molar-refractivity contribution in [3.05, 3.63) is 130 Å². The standard InChI is InChI=1S/C30H23BrN2/c1-33-19-25(24-18-22(31)16-17-27(24)33)28(20-10-4-2-5-11-20)29-23-14-8-9-15-26(23)32-30(29)21-12-6-3-7-13-21/h2-19,28,32H,1H3. The number of rotatable bonds is 4. The number of benzene rings is 4. The van der Waals surface area contributed by atoms with Crippen molar-refractivity contribution in [3.63, 3.8) is 0 Å². The van der Waals surface area contributed by atoms with Crippen molar-refractivity contribution in [2.75, 3.05) is 0 Å². The summed E-state index contributed by atoms with van der Waals surface area (Å²) in [5.74, 6) is 0.0792. The van der Waals surface area contributed by atoms with Crippen molar-refractivity contribution in [1.29, 1.82) is 0 Å². The van der Waals surface area contributed by atoms with Crippen molar-refractivity contribution in [2.24, 2.45) is 7.05 Å². The summed E-state index contributed by atoms with van der Waals surface area (Å²) in [5.41, 5.74) is 8.68. The molecule has 0 saturated carbocycles. The van der Waals surface area contributed by atoms with E-state index in [2.05, 4.69) is 142 Å². The Morgan fingerprint density at radius 2 is 1.45 bits per heavy atom. The Kier molecular flexibility index (Phi) is 4.92. The predicted octanol–water partition coefficient (Wildman–Crippen LogP) is 8.27. The Morgan fingerprint density at radius 3 is 2.24 bits per heavy atom. The maximum atomic E-state index is 3.75. The zero-order valence-electron chi connectivity index (χ0n) is 18.3. The minimum Gasteiger partial charge on any atom is -0.354 e. The van der Waals surface area contributed by atoms with E-state index in [0.717, 1.165) is 9.99 Å². The van der Waals surface area contributed by atoms with Crippen LogP contribution in [0.1, 0.15) is 22.6 Å². The van der Waals surface area contributed by atoms with E-state index in [1.807, 2.05) is 0 Å². The maximum absolute atomic E-state index is 3.75. The van der Waals surface area contributed by atoms with Crippen LogP contribution in [0.15, 0.2) is 114 Å². The molecule has 1 unspecified atom stereocenters. The van der Waals surface area contributed by atoms with Gasteiger partial charge in [-0.2, -0.15) is 0 Å². The Hall–Kier alpha value is -3.56. The first-order valence-corrected chi connectivity index (χ1v) is 12.0. The van der Waals surface area contributed by atoms with E-state index in [-0.39, 0.29) is 5.92 Å². The third kappa shape index (κ3) is 3.40. The van der Waals surface area contributed by atoms with Gasteiger partial charge in [0.25, 0.3) is 0 Å². The lowest BCUT2D eigenvalue weighted by Gasteiger charge is -2.20. The van der Waals surface area contributed by atoms with Crippen LogP contribution >= 0.6 is 15.9 Å². The molecule has 4 aromatic carbocycles. The number of hydrogen-bond donors (Lipinski definition) is 1. The van der Waals surface area contributed by atoms with Gasteiger partial charge in [0.15, 0.2) is 0 Å². The molecular weight excluding hydrogens is 468 g/mol. The van der Waals surface area contributed by atoms with E-state index in [1.165, 1.54) is 44.2 Å². The molecule has 2 aromatic heterocycles. The largest absolute Gasteiger partial charge is 0.354 e. The van der Waals surface area contributed by atoms with Crippen molar-refractivity contribution in [2.45, 2.75) is 5.92 Å². The third-order valence-corrected chi connectivity index (χ3v) is 7.02. The molecule has 33 heavy (non-hydrogen) atoms. The highest BCUT2D eigenvalue weighted by Gasteiger charge is 2.27. The molecule has 2 heterocycles. The van der Waals surface area contributed by atoms with Gasteiger partial charge in [0, 0.05) is 45.4 Å². The fraction of sp³-hybridized carbons (Fsp3) is 0.0667. The van der Waals surface area contributed by atoms with E-state index < -0.39 is 0 Å². The zero-order chi connectivity index (χ0) is 22.4. The lowest BCUT2D eigenvalue weighted by atomic mass is 9.82. The second kappa shape index (κ2) is 8.09. The highest BCUT2D eigenvalue weighted by Crippen LogP contribution is 2.44. The molecule has 0 spiro atoms. The predicted molar refractivity (Wildman–Crippen MR) is 142 cm³/mol. The molecule has 0 aliphatic heterocycles. The first kappa shape index (κ1) is 20.1. The summed E-state index contributed by atoms with van der Waals surface area (Å²) >= 11 is 3.71. The molecule has 0 saturated heterocycles. The first-order chi connectivity index (χ1) is 16.2. The minimum absolute atomic E-state index is 0.0792. The van der Waals surface area contributed by atoms with Gasteiger partial charge in [-0.3, -0.25) is 0 Å². The minimum atomic E-state index is 0.0792. The molecule has 1 N–H and O–H groups in total. The van der Waals surface area contributed by atoms with Crippen LogP contribution in [0.4, 0.5) is 0 Å². The highest BCUT2D eigenvalue weighted by molar-refractivity contribution is 9.10. The van der Waals surface area contributed by atoms with Crippen LogP contribution in [-0.2, 0) is 7.05 Å². The van der Waals surface area contributed by atoms with Crippen LogP contribution in [0, 0.1) is 0 Å². The van der Waals surface area contributed by atoms with Crippen molar-refractivity contribution >= 4 is 37.7 Å². The molecule has 0 aliphatic carbocycles. The fourth-order valence-electron chi connectivity index (χ4n) is 5.07. The number of aromatic nitrogens is 2. The number of fused-ring (bicyclic) bond motifs is 2. The van der Waals surface area contributed by atoms with Gasteiger partial charge in [0.05, 0.1) is 5.69 Å². The van der Waals surface area contributed by atoms with E-state index in [4.69, 9.17) is 0 Å². The van der Waals surface area contributed by atoms with E-state index >= 15 is 0 Å². The zero-order valence-corrected chi connectivity index (χ0v) is 19.9. The van der Waals surface area contributed by atoms with Crippen molar-refractivity contribution < 1.29 is 0 Å². The number of H-pyrrole nitrogens is 1. The van der Waals surface area contributed by atoms with Crippen molar-refractivity contribution in [1.82, 2.24) is 9.55 Å². The molecule has 0 radical (unpaired) electrons. The number of halogens is 1. The van der Waals surface area contributed by atoms with Crippen LogP contribution in [0.3, 0.4) is 0 Å². The summed E-state index contributed by atoms with van der Waals surface area (Å²) in [7, 11) is 2.13. The highest BCUT2D eigenvalue weighted by atomic mass is 79.9. The summed E-state index contributed by atoms with van der Waals surface area (Å²) in [6.07, 6.45) is 2.30. The van der Waals surface area contributed by atoms with Crippen molar-refractivity contribution in [3.8, 4) is 11.3 Å². The van der Waals surface area contributed by atoms with E-state index in [0.29, 0.717) is 0 Å². The second-order valence-corrected chi connectivity index (χ2v) is 9.44. The third-order valence-electron chi connectivity index (χ3n) is 6.52. The summed E-state index contributed by atoms with van der Waals surface area (Å²) in [6, 6.07) is 36.7. The molecule has 2 nitrogen and oxygen atoms in total. The molecule has 0 bridgehead atoms. The molecule has 0 fully saturated rings.